The van der Waals surface area contributed by atoms with Gasteiger partial charge in [-0.1, -0.05) is 13.8 Å². The summed E-state index contributed by atoms with van der Waals surface area (Å²) in [5.41, 5.74) is 6.08. The SMILES string of the molecule is CSc1ccc(OC(C)C(=O)N2CCC(N)C(C)(C)C2)cc1.Cl. The van der Waals surface area contributed by atoms with Crippen molar-refractivity contribution in [2.75, 3.05) is 19.3 Å². The van der Waals surface area contributed by atoms with E-state index in [-0.39, 0.29) is 29.8 Å². The molecule has 0 bridgehead atoms. The number of halogens is 1. The van der Waals surface area contributed by atoms with Crippen molar-refractivity contribution in [3.8, 4) is 5.75 Å². The highest BCUT2D eigenvalue weighted by atomic mass is 35.5. The Morgan fingerprint density at radius 2 is 2.00 bits per heavy atom. The molecule has 1 amide bonds. The van der Waals surface area contributed by atoms with Crippen LogP contribution in [0.4, 0.5) is 0 Å². The Morgan fingerprint density at radius 1 is 1.39 bits per heavy atom. The quantitative estimate of drug-likeness (QED) is 0.840. The number of hydrogen-bond donors (Lipinski definition) is 1. The number of nitrogens with two attached hydrogens (primary N) is 1. The minimum atomic E-state index is -0.481. The zero-order valence-corrected chi connectivity index (χ0v) is 15.9. The van der Waals surface area contributed by atoms with Crippen LogP contribution in [0, 0.1) is 5.41 Å². The summed E-state index contributed by atoms with van der Waals surface area (Å²) in [5, 5.41) is 0. The van der Waals surface area contributed by atoms with Gasteiger partial charge >= 0.3 is 0 Å². The van der Waals surface area contributed by atoms with Crippen molar-refractivity contribution in [1.82, 2.24) is 4.90 Å². The van der Waals surface area contributed by atoms with Gasteiger partial charge in [-0.25, -0.2) is 0 Å². The highest BCUT2D eigenvalue weighted by Gasteiger charge is 2.36. The van der Waals surface area contributed by atoms with Gasteiger partial charge in [0.1, 0.15) is 5.75 Å². The first-order valence-corrected chi connectivity index (χ1v) is 8.91. The fraction of sp³-hybridized carbons (Fsp3) is 0.588. The van der Waals surface area contributed by atoms with E-state index in [2.05, 4.69) is 13.8 Å². The molecule has 4 nitrogen and oxygen atoms in total. The van der Waals surface area contributed by atoms with Crippen molar-refractivity contribution in [3.63, 3.8) is 0 Å². The second kappa shape index (κ2) is 8.27. The van der Waals surface area contributed by atoms with Crippen LogP contribution in [0.5, 0.6) is 5.75 Å². The summed E-state index contributed by atoms with van der Waals surface area (Å²) in [7, 11) is 0. The van der Waals surface area contributed by atoms with E-state index >= 15 is 0 Å². The van der Waals surface area contributed by atoms with Gasteiger partial charge in [-0.15, -0.1) is 24.2 Å². The van der Waals surface area contributed by atoms with Crippen LogP contribution in [-0.4, -0.2) is 42.3 Å². The Hall–Kier alpha value is -0.910. The van der Waals surface area contributed by atoms with Crippen LogP contribution in [0.2, 0.25) is 0 Å². The van der Waals surface area contributed by atoms with E-state index < -0.39 is 6.10 Å². The largest absolute Gasteiger partial charge is 0.481 e. The van der Waals surface area contributed by atoms with Crippen molar-refractivity contribution < 1.29 is 9.53 Å². The van der Waals surface area contributed by atoms with E-state index in [9.17, 15) is 4.79 Å². The maximum absolute atomic E-state index is 12.6. The van der Waals surface area contributed by atoms with Gasteiger partial charge in [-0.3, -0.25) is 4.79 Å². The number of nitrogens with zero attached hydrogens (tertiary/aromatic N) is 1. The van der Waals surface area contributed by atoms with Gasteiger partial charge in [0.15, 0.2) is 6.10 Å². The lowest BCUT2D eigenvalue weighted by atomic mass is 9.79. The molecule has 1 aromatic carbocycles. The Labute approximate surface area is 149 Å². The third-order valence-electron chi connectivity index (χ3n) is 4.34. The fourth-order valence-electron chi connectivity index (χ4n) is 2.73. The third kappa shape index (κ3) is 5.03. The number of rotatable bonds is 4. The van der Waals surface area contributed by atoms with E-state index in [1.165, 1.54) is 4.90 Å². The minimum absolute atomic E-state index is 0. The Bertz CT molecular complexity index is 522. The number of thioether (sulfide) groups is 1. The van der Waals surface area contributed by atoms with E-state index in [0.717, 1.165) is 12.2 Å². The number of likely N-dealkylation sites (tertiary alicyclic amines) is 1. The number of carbonyl (C=O) groups is 1. The number of benzene rings is 1. The molecule has 0 saturated carbocycles. The van der Waals surface area contributed by atoms with Crippen molar-refractivity contribution in [3.05, 3.63) is 24.3 Å². The summed E-state index contributed by atoms with van der Waals surface area (Å²) < 4.78 is 5.79. The molecule has 23 heavy (non-hydrogen) atoms. The van der Waals surface area contributed by atoms with Crippen LogP contribution in [0.25, 0.3) is 0 Å². The standard InChI is InChI=1S/C17H26N2O2S.ClH/c1-12(21-13-5-7-14(22-4)8-6-13)16(20)19-10-9-15(18)17(2,3)11-19;/h5-8,12,15H,9-11,18H2,1-4H3;1H. The maximum atomic E-state index is 12.6. The summed E-state index contributed by atoms with van der Waals surface area (Å²) in [4.78, 5) is 15.6. The van der Waals surface area contributed by atoms with Crippen LogP contribution in [0.15, 0.2) is 29.2 Å². The smallest absolute Gasteiger partial charge is 0.263 e. The number of piperidine rings is 1. The van der Waals surface area contributed by atoms with Crippen LogP contribution >= 0.6 is 24.2 Å². The molecule has 1 heterocycles. The van der Waals surface area contributed by atoms with Gasteiger partial charge in [0.05, 0.1) is 0 Å². The van der Waals surface area contributed by atoms with Crippen LogP contribution < -0.4 is 10.5 Å². The highest BCUT2D eigenvalue weighted by molar-refractivity contribution is 7.98. The lowest BCUT2D eigenvalue weighted by Gasteiger charge is -2.43. The third-order valence-corrected chi connectivity index (χ3v) is 5.09. The number of hydrogen-bond acceptors (Lipinski definition) is 4. The predicted octanol–water partition coefficient (Wildman–Crippen LogP) is 3.18. The van der Waals surface area contributed by atoms with Crippen molar-refractivity contribution >= 4 is 30.1 Å². The number of ether oxygens (including phenoxy) is 1. The van der Waals surface area contributed by atoms with E-state index in [1.54, 1.807) is 11.8 Å². The summed E-state index contributed by atoms with van der Waals surface area (Å²) in [6, 6.07) is 7.96. The highest BCUT2D eigenvalue weighted by Crippen LogP contribution is 2.28. The molecule has 1 saturated heterocycles. The summed E-state index contributed by atoms with van der Waals surface area (Å²) in [6.45, 7) is 7.44. The minimum Gasteiger partial charge on any atom is -0.481 e. The average Bonchev–Trinajstić information content (AvgIpc) is 2.50. The van der Waals surface area contributed by atoms with Gasteiger partial charge in [0, 0.05) is 24.0 Å². The molecule has 1 fully saturated rings. The molecule has 130 valence electrons. The van der Waals surface area contributed by atoms with Crippen molar-refractivity contribution in [1.29, 1.82) is 0 Å². The molecule has 0 aromatic heterocycles. The molecular weight excluding hydrogens is 332 g/mol. The zero-order chi connectivity index (χ0) is 16.3. The molecule has 6 heteroatoms. The molecular formula is C17H27ClN2O2S. The molecule has 0 radical (unpaired) electrons. The Morgan fingerprint density at radius 3 is 2.52 bits per heavy atom. The van der Waals surface area contributed by atoms with Gasteiger partial charge in [-0.05, 0) is 49.3 Å². The summed E-state index contributed by atoms with van der Waals surface area (Å²) in [5.74, 6) is 0.764. The van der Waals surface area contributed by atoms with Gasteiger partial charge in [0.25, 0.3) is 5.91 Å². The predicted molar refractivity (Wildman–Crippen MR) is 98.5 cm³/mol. The van der Waals surface area contributed by atoms with Gasteiger partial charge in [-0.2, -0.15) is 0 Å². The number of carbonyl (C=O) groups excluding carboxylic acids is 1. The Balaban J connectivity index is 0.00000264. The summed E-state index contributed by atoms with van der Waals surface area (Å²) >= 11 is 1.68. The lowest BCUT2D eigenvalue weighted by molar-refractivity contribution is -0.141. The van der Waals surface area contributed by atoms with Crippen molar-refractivity contribution in [2.45, 2.75) is 44.2 Å². The molecule has 2 rings (SSSR count). The lowest BCUT2D eigenvalue weighted by Crippen LogP contribution is -2.56. The average molecular weight is 359 g/mol. The second-order valence-electron chi connectivity index (χ2n) is 6.58. The first-order chi connectivity index (χ1) is 10.3. The van der Waals surface area contributed by atoms with Crippen molar-refractivity contribution in [2.24, 2.45) is 11.1 Å². The molecule has 1 aliphatic rings. The van der Waals surface area contributed by atoms with E-state index in [1.807, 2.05) is 42.3 Å². The maximum Gasteiger partial charge on any atom is 0.263 e. The molecule has 1 aromatic rings. The van der Waals surface area contributed by atoms with Crippen LogP contribution in [-0.2, 0) is 4.79 Å². The molecule has 0 aliphatic carbocycles. The molecule has 0 spiro atoms. The monoisotopic (exact) mass is 358 g/mol. The fourth-order valence-corrected chi connectivity index (χ4v) is 3.14. The van der Waals surface area contributed by atoms with Crippen LogP contribution in [0.1, 0.15) is 27.2 Å². The normalized spacial score (nSPS) is 21.3. The topological polar surface area (TPSA) is 55.6 Å². The van der Waals surface area contributed by atoms with Gasteiger partial charge < -0.3 is 15.4 Å². The Kier molecular flexibility index (Phi) is 7.24. The number of amides is 1. The first-order valence-electron chi connectivity index (χ1n) is 7.68. The molecule has 2 N–H and O–H groups in total. The van der Waals surface area contributed by atoms with Crippen LogP contribution in [0.3, 0.4) is 0 Å². The summed E-state index contributed by atoms with van der Waals surface area (Å²) in [6.07, 6.45) is 2.39. The molecule has 2 atom stereocenters. The van der Waals surface area contributed by atoms with E-state index in [0.29, 0.717) is 13.1 Å². The first kappa shape index (κ1) is 20.1. The molecule has 2 unspecified atom stereocenters. The van der Waals surface area contributed by atoms with E-state index in [4.69, 9.17) is 10.5 Å². The van der Waals surface area contributed by atoms with Gasteiger partial charge in [0.2, 0.25) is 0 Å². The second-order valence-corrected chi connectivity index (χ2v) is 7.46. The molecule has 1 aliphatic heterocycles. The zero-order valence-electron chi connectivity index (χ0n) is 14.2.